The van der Waals surface area contributed by atoms with Crippen molar-refractivity contribution in [3.8, 4) is 0 Å². The monoisotopic (exact) mass is 632 g/mol. The minimum atomic E-state index is -0.225. The Morgan fingerprint density at radius 3 is 2.64 bits per heavy atom. The SMILES string of the molecule is C=C1CC=C(C2CCC=C(CC(C)C)CC2)C=CC1C1=CCC2=CN=CC=C(N3CC/C=C(\C(=O)C4CCC(O)CC4)CCC3)C2=C1. The van der Waals surface area contributed by atoms with Gasteiger partial charge in [-0.25, -0.2) is 0 Å². The lowest BCUT2D eigenvalue weighted by atomic mass is 9.81. The van der Waals surface area contributed by atoms with Gasteiger partial charge in [0, 0.05) is 48.6 Å². The van der Waals surface area contributed by atoms with Gasteiger partial charge >= 0.3 is 0 Å². The zero-order valence-corrected chi connectivity index (χ0v) is 28.9. The van der Waals surface area contributed by atoms with E-state index in [2.05, 4.69) is 78.9 Å². The molecule has 0 aromatic heterocycles. The molecule has 2 heterocycles. The molecule has 0 aromatic carbocycles. The van der Waals surface area contributed by atoms with Crippen molar-refractivity contribution in [3.05, 3.63) is 106 Å². The summed E-state index contributed by atoms with van der Waals surface area (Å²) in [7, 11) is 0. The highest BCUT2D eigenvalue weighted by molar-refractivity contribution is 5.97. The number of nitrogens with zero attached hydrogens (tertiary/aromatic N) is 2. The average Bonchev–Trinajstić information content (AvgIpc) is 3.49. The minimum Gasteiger partial charge on any atom is -0.393 e. The normalized spacial score (nSPS) is 30.1. The molecule has 4 heteroatoms. The lowest BCUT2D eigenvalue weighted by Crippen LogP contribution is -2.30. The van der Waals surface area contributed by atoms with Gasteiger partial charge in [0.1, 0.15) is 0 Å². The molecule has 0 spiro atoms. The van der Waals surface area contributed by atoms with Crippen molar-refractivity contribution in [3.63, 3.8) is 0 Å². The number of fused-ring (bicyclic) bond motifs is 1. The molecule has 1 fully saturated rings. The van der Waals surface area contributed by atoms with Gasteiger partial charge in [-0.15, -0.1) is 0 Å². The lowest BCUT2D eigenvalue weighted by Gasteiger charge is -2.33. The number of hydrogen-bond donors (Lipinski definition) is 1. The quantitative estimate of drug-likeness (QED) is 0.284. The van der Waals surface area contributed by atoms with Crippen LogP contribution in [0.3, 0.4) is 0 Å². The Morgan fingerprint density at radius 1 is 0.979 bits per heavy atom. The molecule has 0 bridgehead atoms. The fraction of sp³-hybridized carbons (Fsp3) is 0.535. The van der Waals surface area contributed by atoms with Crippen LogP contribution in [0.2, 0.25) is 0 Å². The topological polar surface area (TPSA) is 52.9 Å². The van der Waals surface area contributed by atoms with E-state index in [1.54, 1.807) is 5.57 Å². The number of carbonyl (C=O) groups excluding carboxylic acids is 1. The van der Waals surface area contributed by atoms with Gasteiger partial charge in [0.25, 0.3) is 0 Å². The van der Waals surface area contributed by atoms with Crippen molar-refractivity contribution >= 4 is 12.0 Å². The predicted octanol–water partition coefficient (Wildman–Crippen LogP) is 9.85. The molecule has 2 aliphatic heterocycles. The van der Waals surface area contributed by atoms with Crippen molar-refractivity contribution in [2.45, 2.75) is 110 Å². The van der Waals surface area contributed by atoms with Gasteiger partial charge in [-0.1, -0.05) is 68.0 Å². The van der Waals surface area contributed by atoms with E-state index < -0.39 is 0 Å². The van der Waals surface area contributed by atoms with E-state index in [-0.39, 0.29) is 17.9 Å². The van der Waals surface area contributed by atoms with Crippen LogP contribution >= 0.6 is 0 Å². The second-order valence-electron chi connectivity index (χ2n) is 15.1. The smallest absolute Gasteiger partial charge is 0.161 e. The van der Waals surface area contributed by atoms with Crippen LogP contribution in [0.4, 0.5) is 0 Å². The Balaban J connectivity index is 1.13. The summed E-state index contributed by atoms with van der Waals surface area (Å²) in [5.41, 5.74) is 10.6. The fourth-order valence-corrected chi connectivity index (χ4v) is 8.55. The standard InChI is InChI=1S/C43H56N2O2/c1-30(2)27-32-7-4-8-33(14-12-32)34-13-11-31(3)40(22-19-34)37-15-16-38-29-44-24-23-42(41(38)28-37)45-25-5-9-35(10-6-26-45)43(47)36-17-20-39(46)21-18-36/h7,9,13,15,19,22-24,28-30,33,36,39-40,46H,3-6,8,10-12,14,16-18,20-21,25-27H2,1-2H3/b35-9-. The van der Waals surface area contributed by atoms with Crippen molar-refractivity contribution in [2.75, 3.05) is 13.1 Å². The first kappa shape index (κ1) is 33.7. The summed E-state index contributed by atoms with van der Waals surface area (Å²) >= 11 is 0. The molecule has 0 radical (unpaired) electrons. The number of rotatable bonds is 7. The summed E-state index contributed by atoms with van der Waals surface area (Å²) in [6.07, 6.45) is 36.6. The van der Waals surface area contributed by atoms with Crippen LogP contribution in [0.5, 0.6) is 0 Å². The summed E-state index contributed by atoms with van der Waals surface area (Å²) in [4.78, 5) is 20.4. The summed E-state index contributed by atoms with van der Waals surface area (Å²) in [5.74, 6) is 2.01. The highest BCUT2D eigenvalue weighted by Crippen LogP contribution is 2.40. The van der Waals surface area contributed by atoms with Crippen LogP contribution in [0.1, 0.15) is 104 Å². The van der Waals surface area contributed by atoms with Gasteiger partial charge in [0.15, 0.2) is 5.78 Å². The van der Waals surface area contributed by atoms with Gasteiger partial charge in [-0.2, -0.15) is 0 Å². The van der Waals surface area contributed by atoms with E-state index >= 15 is 0 Å². The maximum Gasteiger partial charge on any atom is 0.161 e. The van der Waals surface area contributed by atoms with E-state index in [9.17, 15) is 9.90 Å². The molecule has 4 nitrogen and oxygen atoms in total. The number of aliphatic hydroxyl groups excluding tert-OH is 1. The van der Waals surface area contributed by atoms with Crippen LogP contribution in [0.15, 0.2) is 111 Å². The molecule has 6 aliphatic rings. The highest BCUT2D eigenvalue weighted by Gasteiger charge is 2.29. The average molecular weight is 633 g/mol. The Morgan fingerprint density at radius 2 is 1.81 bits per heavy atom. The number of allylic oxidation sites excluding steroid dienone is 13. The van der Waals surface area contributed by atoms with Crippen molar-refractivity contribution in [1.82, 2.24) is 4.90 Å². The maximum atomic E-state index is 13.3. The largest absolute Gasteiger partial charge is 0.393 e. The molecular formula is C43H56N2O2. The number of aliphatic hydroxyl groups is 1. The van der Waals surface area contributed by atoms with Crippen LogP contribution in [-0.4, -0.2) is 41.2 Å². The third kappa shape index (κ3) is 8.44. The van der Waals surface area contributed by atoms with Gasteiger partial charge < -0.3 is 10.0 Å². The van der Waals surface area contributed by atoms with Gasteiger partial charge in [0.05, 0.1) is 6.10 Å². The third-order valence-electron chi connectivity index (χ3n) is 11.2. The van der Waals surface area contributed by atoms with E-state index in [4.69, 9.17) is 0 Å². The Hall–Kier alpha value is -3.24. The van der Waals surface area contributed by atoms with E-state index in [1.165, 1.54) is 65.7 Å². The molecule has 4 aliphatic carbocycles. The van der Waals surface area contributed by atoms with Gasteiger partial charge in [-0.05, 0) is 136 Å². The molecular weight excluding hydrogens is 576 g/mol. The zero-order chi connectivity index (χ0) is 32.8. The third-order valence-corrected chi connectivity index (χ3v) is 11.2. The van der Waals surface area contributed by atoms with Gasteiger partial charge in [0.2, 0.25) is 0 Å². The first-order valence-corrected chi connectivity index (χ1v) is 18.6. The highest BCUT2D eigenvalue weighted by atomic mass is 16.3. The summed E-state index contributed by atoms with van der Waals surface area (Å²) in [5, 5.41) is 9.90. The number of hydrogen-bond acceptors (Lipinski definition) is 4. The molecule has 0 saturated heterocycles. The molecule has 250 valence electrons. The minimum absolute atomic E-state index is 0.0945. The molecule has 0 amide bonds. The molecule has 2 unspecified atom stereocenters. The van der Waals surface area contributed by atoms with Crippen molar-refractivity contribution in [1.29, 1.82) is 0 Å². The van der Waals surface area contributed by atoms with Crippen molar-refractivity contribution in [2.24, 2.45) is 28.7 Å². The molecule has 0 aromatic rings. The molecule has 1 saturated carbocycles. The number of Topliss-reactive ketones (excluding diaryl/α,β-unsaturated/α-hetero) is 1. The van der Waals surface area contributed by atoms with E-state index in [0.717, 1.165) is 82.4 Å². The second-order valence-corrected chi connectivity index (χ2v) is 15.1. The lowest BCUT2D eigenvalue weighted by molar-refractivity contribution is -0.120. The predicted molar refractivity (Wildman–Crippen MR) is 196 cm³/mol. The van der Waals surface area contributed by atoms with E-state index in [0.29, 0.717) is 11.7 Å². The van der Waals surface area contributed by atoms with Crippen LogP contribution < -0.4 is 0 Å². The summed E-state index contributed by atoms with van der Waals surface area (Å²) < 4.78 is 0. The Labute approximate surface area is 283 Å². The van der Waals surface area contributed by atoms with Crippen LogP contribution in [0.25, 0.3) is 0 Å². The summed E-state index contributed by atoms with van der Waals surface area (Å²) in [6.45, 7) is 11.1. The van der Waals surface area contributed by atoms with Crippen LogP contribution in [-0.2, 0) is 4.79 Å². The molecule has 2 atom stereocenters. The molecule has 47 heavy (non-hydrogen) atoms. The number of carbonyl (C=O) groups is 1. The summed E-state index contributed by atoms with van der Waals surface area (Å²) in [6, 6.07) is 0. The van der Waals surface area contributed by atoms with Gasteiger partial charge in [-0.3, -0.25) is 9.79 Å². The zero-order valence-electron chi connectivity index (χ0n) is 28.9. The fourth-order valence-electron chi connectivity index (χ4n) is 8.55. The number of aliphatic imine (C=N–C) groups is 1. The first-order valence-electron chi connectivity index (χ1n) is 18.6. The Kier molecular flexibility index (Phi) is 11.3. The second kappa shape index (κ2) is 15.8. The first-order chi connectivity index (χ1) is 22.9. The maximum absolute atomic E-state index is 13.3. The Bertz CT molecular complexity index is 1480. The molecule has 6 rings (SSSR count). The van der Waals surface area contributed by atoms with Crippen molar-refractivity contribution < 1.29 is 9.90 Å². The van der Waals surface area contributed by atoms with Crippen LogP contribution in [0, 0.1) is 23.7 Å². The molecule has 1 N–H and O–H groups in total. The number of ketones is 1. The van der Waals surface area contributed by atoms with E-state index in [1.807, 2.05) is 12.4 Å².